The van der Waals surface area contributed by atoms with Gasteiger partial charge in [0.15, 0.2) is 11.6 Å². The van der Waals surface area contributed by atoms with Crippen LogP contribution in [0.5, 0.6) is 5.75 Å². The molecule has 1 nitrogen and oxygen atoms in total. The number of benzene rings is 1. The van der Waals surface area contributed by atoms with Crippen molar-refractivity contribution in [3.8, 4) is 5.75 Å². The van der Waals surface area contributed by atoms with Gasteiger partial charge in [-0.25, -0.2) is 4.39 Å². The molecule has 0 N–H and O–H groups in total. The van der Waals surface area contributed by atoms with Gasteiger partial charge in [-0.1, -0.05) is 28.1 Å². The summed E-state index contributed by atoms with van der Waals surface area (Å²) in [5.41, 5.74) is 0. The lowest BCUT2D eigenvalue weighted by atomic mass is 10.3. The van der Waals surface area contributed by atoms with E-state index in [0.717, 1.165) is 0 Å². The number of allylic oxidation sites excluding steroid dienone is 1. The minimum Gasteiger partial charge on any atom is -0.486 e. The van der Waals surface area contributed by atoms with Crippen molar-refractivity contribution in [2.24, 2.45) is 0 Å². The highest BCUT2D eigenvalue weighted by Crippen LogP contribution is 2.21. The largest absolute Gasteiger partial charge is 0.486 e. The molecule has 0 bridgehead atoms. The first-order chi connectivity index (χ1) is 6.74. The van der Waals surface area contributed by atoms with Crippen LogP contribution in [0.3, 0.4) is 0 Å². The molecule has 4 heteroatoms. The summed E-state index contributed by atoms with van der Waals surface area (Å²) in [6.07, 6.45) is 3.49. The Labute approximate surface area is 95.7 Å². The lowest BCUT2D eigenvalue weighted by Crippen LogP contribution is -1.95. The van der Waals surface area contributed by atoms with E-state index in [9.17, 15) is 4.39 Å². The Kier molecular flexibility index (Phi) is 4.98. The predicted molar refractivity (Wildman–Crippen MR) is 59.5 cm³/mol. The Balaban J connectivity index is 2.55. The highest BCUT2D eigenvalue weighted by atomic mass is 79.9. The molecule has 76 valence electrons. The van der Waals surface area contributed by atoms with E-state index in [2.05, 4.69) is 15.9 Å². The number of ether oxygens (including phenoxy) is 1. The SMILES string of the molecule is Fc1cc(Br)ccc1OCC=CCCl. The van der Waals surface area contributed by atoms with Gasteiger partial charge in [0.05, 0.1) is 0 Å². The molecule has 0 aliphatic heterocycles. The topological polar surface area (TPSA) is 9.23 Å². The molecule has 0 amide bonds. The number of rotatable bonds is 4. The quantitative estimate of drug-likeness (QED) is 0.602. The van der Waals surface area contributed by atoms with Crippen LogP contribution in [-0.2, 0) is 0 Å². The molecule has 0 spiro atoms. The van der Waals surface area contributed by atoms with Crippen molar-refractivity contribution < 1.29 is 9.13 Å². The molecule has 0 aliphatic rings. The lowest BCUT2D eigenvalue weighted by Gasteiger charge is -2.04. The highest BCUT2D eigenvalue weighted by molar-refractivity contribution is 9.10. The molecule has 1 aromatic rings. The zero-order valence-corrected chi connectivity index (χ0v) is 9.69. The van der Waals surface area contributed by atoms with Gasteiger partial charge in [-0.3, -0.25) is 0 Å². The van der Waals surface area contributed by atoms with Crippen molar-refractivity contribution in [1.82, 2.24) is 0 Å². The normalized spacial score (nSPS) is 10.8. The highest BCUT2D eigenvalue weighted by Gasteiger charge is 2.01. The van der Waals surface area contributed by atoms with Gasteiger partial charge in [-0.15, -0.1) is 11.6 Å². The molecule has 0 aliphatic carbocycles. The standard InChI is InChI=1S/C10H9BrClFO/c11-8-3-4-10(9(13)7-8)14-6-2-1-5-12/h1-4,7H,5-6H2. The Bertz CT molecular complexity index is 328. The number of halogens is 3. The van der Waals surface area contributed by atoms with Crippen LogP contribution in [0.25, 0.3) is 0 Å². The summed E-state index contributed by atoms with van der Waals surface area (Å²) in [7, 11) is 0. The summed E-state index contributed by atoms with van der Waals surface area (Å²) in [6, 6.07) is 4.66. The molecule has 1 aromatic carbocycles. The fourth-order valence-corrected chi connectivity index (χ4v) is 1.32. The van der Waals surface area contributed by atoms with E-state index < -0.39 is 0 Å². The first kappa shape index (κ1) is 11.5. The van der Waals surface area contributed by atoms with Gasteiger partial charge in [0.1, 0.15) is 6.61 Å². The van der Waals surface area contributed by atoms with Crippen LogP contribution < -0.4 is 4.74 Å². The van der Waals surface area contributed by atoms with Gasteiger partial charge in [0.2, 0.25) is 0 Å². The van der Waals surface area contributed by atoms with E-state index in [4.69, 9.17) is 16.3 Å². The van der Waals surface area contributed by atoms with E-state index in [-0.39, 0.29) is 11.6 Å². The van der Waals surface area contributed by atoms with Crippen LogP contribution in [0, 0.1) is 5.82 Å². The minimum absolute atomic E-state index is 0.243. The van der Waals surface area contributed by atoms with Crippen LogP contribution in [0.1, 0.15) is 0 Å². The Morgan fingerprint density at radius 3 is 2.86 bits per heavy atom. The monoisotopic (exact) mass is 278 g/mol. The average Bonchev–Trinajstić information content (AvgIpc) is 2.15. The second kappa shape index (κ2) is 6.04. The third-order valence-electron chi connectivity index (χ3n) is 1.48. The first-order valence-corrected chi connectivity index (χ1v) is 5.35. The zero-order valence-electron chi connectivity index (χ0n) is 7.34. The van der Waals surface area contributed by atoms with Crippen molar-refractivity contribution in [3.05, 3.63) is 40.6 Å². The molecule has 14 heavy (non-hydrogen) atoms. The van der Waals surface area contributed by atoms with Crippen molar-refractivity contribution in [1.29, 1.82) is 0 Å². The molecular weight excluding hydrogens is 270 g/mol. The lowest BCUT2D eigenvalue weighted by molar-refractivity contribution is 0.341. The van der Waals surface area contributed by atoms with Gasteiger partial charge in [-0.2, -0.15) is 0 Å². The molecule has 0 heterocycles. The van der Waals surface area contributed by atoms with Gasteiger partial charge in [-0.05, 0) is 18.2 Å². The number of hydrogen-bond acceptors (Lipinski definition) is 1. The smallest absolute Gasteiger partial charge is 0.166 e. The Morgan fingerprint density at radius 2 is 2.21 bits per heavy atom. The van der Waals surface area contributed by atoms with E-state index in [0.29, 0.717) is 17.0 Å². The maximum Gasteiger partial charge on any atom is 0.166 e. The summed E-state index contributed by atoms with van der Waals surface area (Å²) in [6.45, 7) is 0.325. The van der Waals surface area contributed by atoms with Gasteiger partial charge in [0.25, 0.3) is 0 Å². The first-order valence-electron chi connectivity index (χ1n) is 4.03. The summed E-state index contributed by atoms with van der Waals surface area (Å²) in [5.74, 6) is 0.303. The Morgan fingerprint density at radius 1 is 1.43 bits per heavy atom. The predicted octanol–water partition coefficient (Wildman–Crippen LogP) is 3.76. The molecule has 0 aromatic heterocycles. The van der Waals surface area contributed by atoms with Crippen molar-refractivity contribution in [2.45, 2.75) is 0 Å². The molecule has 0 atom stereocenters. The number of alkyl halides is 1. The summed E-state index contributed by atoms with van der Waals surface area (Å²) >= 11 is 8.58. The maximum absolute atomic E-state index is 13.2. The molecular formula is C10H9BrClFO. The van der Waals surface area contributed by atoms with Crippen LogP contribution >= 0.6 is 27.5 Å². The van der Waals surface area contributed by atoms with Crippen LogP contribution in [0.2, 0.25) is 0 Å². The minimum atomic E-state index is -0.376. The summed E-state index contributed by atoms with van der Waals surface area (Å²) in [5, 5.41) is 0. The molecule has 0 radical (unpaired) electrons. The second-order valence-electron chi connectivity index (χ2n) is 2.51. The van der Waals surface area contributed by atoms with E-state index in [1.54, 1.807) is 24.3 Å². The fourth-order valence-electron chi connectivity index (χ4n) is 0.861. The van der Waals surface area contributed by atoms with Crippen molar-refractivity contribution in [2.75, 3.05) is 12.5 Å². The molecule has 1 rings (SSSR count). The third-order valence-corrected chi connectivity index (χ3v) is 2.16. The number of hydrogen-bond donors (Lipinski definition) is 0. The Hall–Kier alpha value is -0.540. The van der Waals surface area contributed by atoms with Crippen molar-refractivity contribution >= 4 is 27.5 Å². The summed E-state index contributed by atoms with van der Waals surface area (Å²) in [4.78, 5) is 0. The molecule has 0 saturated heterocycles. The zero-order chi connectivity index (χ0) is 10.4. The molecule has 0 saturated carbocycles. The van der Waals surface area contributed by atoms with Crippen molar-refractivity contribution in [3.63, 3.8) is 0 Å². The van der Waals surface area contributed by atoms with Crippen LogP contribution in [-0.4, -0.2) is 12.5 Å². The van der Waals surface area contributed by atoms with Crippen LogP contribution in [0.15, 0.2) is 34.8 Å². The maximum atomic E-state index is 13.2. The van der Waals surface area contributed by atoms with Gasteiger partial charge < -0.3 is 4.74 Å². The summed E-state index contributed by atoms with van der Waals surface area (Å²) < 4.78 is 19.0. The average molecular weight is 280 g/mol. The molecule has 0 unspecified atom stereocenters. The van der Waals surface area contributed by atoms with E-state index in [1.807, 2.05) is 0 Å². The van der Waals surface area contributed by atoms with Gasteiger partial charge >= 0.3 is 0 Å². The molecule has 0 fully saturated rings. The van der Waals surface area contributed by atoms with E-state index >= 15 is 0 Å². The fraction of sp³-hybridized carbons (Fsp3) is 0.200. The third kappa shape index (κ3) is 3.68. The van der Waals surface area contributed by atoms with Gasteiger partial charge in [0, 0.05) is 10.4 Å². The second-order valence-corrected chi connectivity index (χ2v) is 3.74. The van der Waals surface area contributed by atoms with Crippen LogP contribution in [0.4, 0.5) is 4.39 Å². The van der Waals surface area contributed by atoms with E-state index in [1.165, 1.54) is 6.07 Å².